The third kappa shape index (κ3) is 2.90. The van der Waals surface area contributed by atoms with Gasteiger partial charge in [0.2, 0.25) is 0 Å². The van der Waals surface area contributed by atoms with Crippen LogP contribution in [-0.4, -0.2) is 7.11 Å². The molecule has 1 aromatic heterocycles. The fourth-order valence-corrected chi connectivity index (χ4v) is 1.73. The highest BCUT2D eigenvalue weighted by Gasteiger charge is 2.09. The number of ether oxygens (including phenoxy) is 1. The van der Waals surface area contributed by atoms with Crippen molar-refractivity contribution in [2.75, 3.05) is 7.11 Å². The van der Waals surface area contributed by atoms with Gasteiger partial charge in [0.1, 0.15) is 0 Å². The molecule has 3 nitrogen and oxygen atoms in total. The molecule has 1 atom stereocenters. The summed E-state index contributed by atoms with van der Waals surface area (Å²) in [5, 5.41) is 3.33. The Labute approximate surface area is 106 Å². The van der Waals surface area contributed by atoms with Crippen molar-refractivity contribution >= 4 is 0 Å². The van der Waals surface area contributed by atoms with Gasteiger partial charge < -0.3 is 14.5 Å². The Hall–Kier alpha value is -1.81. The number of hydrogen-bond donors (Lipinski definition) is 1. The molecule has 0 aliphatic heterocycles. The van der Waals surface area contributed by atoms with Crippen LogP contribution in [0.25, 0.3) is 0 Å². The van der Waals surface area contributed by atoms with Crippen LogP contribution >= 0.6 is 0 Å². The molecular formula is C14H16FNO2. The molecule has 18 heavy (non-hydrogen) atoms. The lowest BCUT2D eigenvalue weighted by Crippen LogP contribution is -2.17. The lowest BCUT2D eigenvalue weighted by molar-refractivity contribution is 0.385. The topological polar surface area (TPSA) is 34.4 Å². The molecule has 96 valence electrons. The van der Waals surface area contributed by atoms with Crippen LogP contribution in [0.3, 0.4) is 0 Å². The molecule has 0 aliphatic rings. The number of methoxy groups -OCH3 is 1. The van der Waals surface area contributed by atoms with Gasteiger partial charge in [-0.1, -0.05) is 6.07 Å². The molecule has 0 fully saturated rings. The van der Waals surface area contributed by atoms with Crippen LogP contribution in [0.2, 0.25) is 0 Å². The first-order valence-electron chi connectivity index (χ1n) is 5.78. The lowest BCUT2D eigenvalue weighted by atomic mass is 10.1. The van der Waals surface area contributed by atoms with Crippen molar-refractivity contribution < 1.29 is 13.5 Å². The van der Waals surface area contributed by atoms with Gasteiger partial charge in [0.15, 0.2) is 11.6 Å². The van der Waals surface area contributed by atoms with Crippen LogP contribution in [0, 0.1) is 5.82 Å². The second kappa shape index (κ2) is 5.69. The summed E-state index contributed by atoms with van der Waals surface area (Å²) in [6, 6.07) is 6.90. The van der Waals surface area contributed by atoms with Crippen molar-refractivity contribution in [3.8, 4) is 5.75 Å². The van der Waals surface area contributed by atoms with E-state index in [1.807, 2.05) is 13.0 Å². The van der Waals surface area contributed by atoms with Gasteiger partial charge in [0, 0.05) is 18.2 Å². The summed E-state index contributed by atoms with van der Waals surface area (Å²) in [6.45, 7) is 2.73. The standard InChI is InChI=1S/C14H16FNO2/c1-10(16-8-11-5-6-18-9-11)12-3-4-13(15)14(7-12)17-2/h3-7,9-10,16H,8H2,1-2H3. The van der Waals surface area contributed by atoms with Crippen molar-refractivity contribution in [1.29, 1.82) is 0 Å². The summed E-state index contributed by atoms with van der Waals surface area (Å²) in [7, 11) is 1.46. The monoisotopic (exact) mass is 249 g/mol. The smallest absolute Gasteiger partial charge is 0.165 e. The van der Waals surface area contributed by atoms with E-state index >= 15 is 0 Å². The molecule has 0 saturated carbocycles. The highest BCUT2D eigenvalue weighted by Crippen LogP contribution is 2.22. The first-order valence-corrected chi connectivity index (χ1v) is 5.78. The second-order valence-electron chi connectivity index (χ2n) is 4.13. The third-order valence-corrected chi connectivity index (χ3v) is 2.87. The van der Waals surface area contributed by atoms with Crippen LogP contribution in [0.4, 0.5) is 4.39 Å². The number of nitrogens with one attached hydrogen (secondary N) is 1. The van der Waals surface area contributed by atoms with E-state index in [0.29, 0.717) is 6.54 Å². The summed E-state index contributed by atoms with van der Waals surface area (Å²) in [5.74, 6) is -0.0762. The summed E-state index contributed by atoms with van der Waals surface area (Å²) in [4.78, 5) is 0. The molecule has 2 rings (SSSR count). The van der Waals surface area contributed by atoms with Gasteiger partial charge in [-0.3, -0.25) is 0 Å². The van der Waals surface area contributed by atoms with Gasteiger partial charge in [0.05, 0.1) is 19.6 Å². The maximum Gasteiger partial charge on any atom is 0.165 e. The first kappa shape index (κ1) is 12.6. The van der Waals surface area contributed by atoms with Crippen molar-refractivity contribution in [3.05, 3.63) is 53.7 Å². The van der Waals surface area contributed by atoms with Gasteiger partial charge in [-0.05, 0) is 30.7 Å². The molecule has 2 aromatic rings. The average molecular weight is 249 g/mol. The molecule has 1 heterocycles. The van der Waals surface area contributed by atoms with E-state index in [9.17, 15) is 4.39 Å². The Bertz CT molecular complexity index is 497. The molecule has 0 saturated heterocycles. The Morgan fingerprint density at radius 3 is 2.89 bits per heavy atom. The lowest BCUT2D eigenvalue weighted by Gasteiger charge is -2.14. The van der Waals surface area contributed by atoms with Crippen molar-refractivity contribution in [1.82, 2.24) is 5.32 Å². The Morgan fingerprint density at radius 2 is 2.22 bits per heavy atom. The maximum absolute atomic E-state index is 13.3. The van der Waals surface area contributed by atoms with Crippen molar-refractivity contribution in [2.45, 2.75) is 19.5 Å². The third-order valence-electron chi connectivity index (χ3n) is 2.87. The maximum atomic E-state index is 13.3. The van der Waals surface area contributed by atoms with E-state index < -0.39 is 0 Å². The molecule has 0 bridgehead atoms. The zero-order valence-corrected chi connectivity index (χ0v) is 10.4. The molecule has 0 spiro atoms. The van der Waals surface area contributed by atoms with Crippen LogP contribution in [-0.2, 0) is 6.54 Å². The van der Waals surface area contributed by atoms with Gasteiger partial charge in [-0.15, -0.1) is 0 Å². The van der Waals surface area contributed by atoms with Gasteiger partial charge in [0.25, 0.3) is 0 Å². The van der Waals surface area contributed by atoms with E-state index in [1.54, 1.807) is 24.7 Å². The first-order chi connectivity index (χ1) is 8.70. The van der Waals surface area contributed by atoms with E-state index in [0.717, 1.165) is 11.1 Å². The van der Waals surface area contributed by atoms with Crippen LogP contribution < -0.4 is 10.1 Å². The number of hydrogen-bond acceptors (Lipinski definition) is 3. The van der Waals surface area contributed by atoms with E-state index in [1.165, 1.54) is 13.2 Å². The van der Waals surface area contributed by atoms with E-state index in [4.69, 9.17) is 9.15 Å². The summed E-state index contributed by atoms with van der Waals surface area (Å²) in [6.07, 6.45) is 3.34. The average Bonchev–Trinajstić information content (AvgIpc) is 2.89. The number of halogens is 1. The van der Waals surface area contributed by atoms with Crippen LogP contribution in [0.5, 0.6) is 5.75 Å². The molecule has 1 aromatic carbocycles. The van der Waals surface area contributed by atoms with Crippen molar-refractivity contribution in [2.24, 2.45) is 0 Å². The minimum absolute atomic E-state index is 0.106. The number of rotatable bonds is 5. The SMILES string of the molecule is COc1cc(C(C)NCc2ccoc2)ccc1F. The fourth-order valence-electron chi connectivity index (χ4n) is 1.73. The van der Waals surface area contributed by atoms with Gasteiger partial charge in [-0.25, -0.2) is 4.39 Å². The highest BCUT2D eigenvalue weighted by atomic mass is 19.1. The molecule has 0 aliphatic carbocycles. The normalized spacial score (nSPS) is 12.4. The van der Waals surface area contributed by atoms with Crippen LogP contribution in [0.15, 0.2) is 41.2 Å². The molecule has 0 amide bonds. The van der Waals surface area contributed by atoms with Gasteiger partial charge in [-0.2, -0.15) is 0 Å². The summed E-state index contributed by atoms with van der Waals surface area (Å²) < 4.78 is 23.2. The predicted octanol–water partition coefficient (Wildman–Crippen LogP) is 3.28. The van der Waals surface area contributed by atoms with Crippen LogP contribution in [0.1, 0.15) is 24.1 Å². The molecule has 4 heteroatoms. The molecule has 0 radical (unpaired) electrons. The molecule has 1 unspecified atom stereocenters. The second-order valence-corrected chi connectivity index (χ2v) is 4.13. The highest BCUT2D eigenvalue weighted by molar-refractivity contribution is 5.32. The van der Waals surface area contributed by atoms with Crippen molar-refractivity contribution in [3.63, 3.8) is 0 Å². The Kier molecular flexibility index (Phi) is 3.99. The fraction of sp³-hybridized carbons (Fsp3) is 0.286. The zero-order chi connectivity index (χ0) is 13.0. The van der Waals surface area contributed by atoms with E-state index in [2.05, 4.69) is 5.32 Å². The van der Waals surface area contributed by atoms with E-state index in [-0.39, 0.29) is 17.6 Å². The minimum atomic E-state index is -0.344. The predicted molar refractivity (Wildman–Crippen MR) is 66.9 cm³/mol. The quantitative estimate of drug-likeness (QED) is 0.883. The Morgan fingerprint density at radius 1 is 1.39 bits per heavy atom. The number of benzene rings is 1. The number of furan rings is 1. The zero-order valence-electron chi connectivity index (χ0n) is 10.4. The molecular weight excluding hydrogens is 233 g/mol. The largest absolute Gasteiger partial charge is 0.494 e. The summed E-state index contributed by atoms with van der Waals surface area (Å²) >= 11 is 0. The Balaban J connectivity index is 2.02. The van der Waals surface area contributed by atoms with Gasteiger partial charge >= 0.3 is 0 Å². The summed E-state index contributed by atoms with van der Waals surface area (Å²) in [5.41, 5.74) is 2.06. The molecule has 1 N–H and O–H groups in total. The minimum Gasteiger partial charge on any atom is -0.494 e.